The summed E-state index contributed by atoms with van der Waals surface area (Å²) in [5.41, 5.74) is 8.08. The van der Waals surface area contributed by atoms with E-state index in [0.29, 0.717) is 19.3 Å². The van der Waals surface area contributed by atoms with Gasteiger partial charge < -0.3 is 14.6 Å². The van der Waals surface area contributed by atoms with Gasteiger partial charge in [-0.15, -0.1) is 0 Å². The Morgan fingerprint density at radius 2 is 1.54 bits per heavy atom. The van der Waals surface area contributed by atoms with Gasteiger partial charge >= 0.3 is 5.97 Å². The maximum Gasteiger partial charge on any atom is 0.313 e. The molecule has 1 amide bonds. The zero-order valence-electron chi connectivity index (χ0n) is 32.0. The molecule has 1 saturated carbocycles. The smallest absolute Gasteiger partial charge is 0.313 e. The standard InChI is InChI=1S/C44H49N5O3/c1-27-21-35(45-38(23-27)48-29(3)13-14-30(48)4)18-17-33-11-10-12-34(25-33)37(47-40(50)44-20-19-43(9,41(51)52-44)42(44,7)8)26-36-22-28(2)24-39(46-36)49-31(5)15-16-32(49)6/h10-15,21-25,37H,17-20,26H2,1-9H3/p+1/t37-,43-,44+/m1/s1. The Balaban J connectivity index is 1.20. The fourth-order valence-electron chi connectivity index (χ4n) is 8.61. The van der Waals surface area contributed by atoms with Crippen molar-refractivity contribution in [2.24, 2.45) is 10.8 Å². The van der Waals surface area contributed by atoms with Gasteiger partial charge in [0.25, 0.3) is 5.91 Å². The van der Waals surface area contributed by atoms with Crippen molar-refractivity contribution in [3.63, 3.8) is 0 Å². The molecule has 4 aromatic rings. The second-order valence-corrected chi connectivity index (χ2v) is 15.9. The van der Waals surface area contributed by atoms with Crippen LogP contribution in [0.3, 0.4) is 0 Å². The minimum absolute atomic E-state index is 0.242. The molecule has 0 radical (unpaired) electrons. The highest BCUT2D eigenvalue weighted by Crippen LogP contribution is 2.65. The number of carbonyl (C=O) groups excluding carboxylic acids is 2. The molecule has 268 valence electrons. The Labute approximate surface area is 308 Å². The third kappa shape index (κ3) is 5.83. The predicted octanol–water partition coefficient (Wildman–Crippen LogP) is 8.24. The van der Waals surface area contributed by atoms with Crippen LogP contribution in [-0.4, -0.2) is 32.0 Å². The summed E-state index contributed by atoms with van der Waals surface area (Å²) in [6, 6.07) is 20.8. The molecular weight excluding hydrogens is 647 g/mol. The summed E-state index contributed by atoms with van der Waals surface area (Å²) < 4.78 is 8.21. The molecular formula is C44H50N5O3+. The van der Waals surface area contributed by atoms with Crippen molar-refractivity contribution in [2.45, 2.75) is 106 Å². The van der Waals surface area contributed by atoms with Gasteiger partial charge in [0.15, 0.2) is 28.9 Å². The van der Waals surface area contributed by atoms with E-state index in [9.17, 15) is 9.59 Å². The second-order valence-electron chi connectivity index (χ2n) is 15.9. The molecule has 8 nitrogen and oxygen atoms in total. The minimum atomic E-state index is -1.22. The summed E-state index contributed by atoms with van der Waals surface area (Å²) in [6.45, 7) is 18.4. The first-order valence-corrected chi connectivity index (χ1v) is 18.4. The van der Waals surface area contributed by atoms with Crippen LogP contribution in [0.4, 0.5) is 5.82 Å². The fraction of sp³-hybridized carbons (Fsp3) is 0.409. The van der Waals surface area contributed by atoms with Crippen molar-refractivity contribution >= 4 is 17.7 Å². The van der Waals surface area contributed by atoms with Gasteiger partial charge in [-0.3, -0.25) is 9.59 Å². The van der Waals surface area contributed by atoms with Crippen LogP contribution in [-0.2, 0) is 33.6 Å². The summed E-state index contributed by atoms with van der Waals surface area (Å²) >= 11 is 0. The van der Waals surface area contributed by atoms with Gasteiger partial charge in [0.1, 0.15) is 11.9 Å². The molecule has 3 aliphatic rings. The van der Waals surface area contributed by atoms with Crippen molar-refractivity contribution < 1.29 is 14.3 Å². The van der Waals surface area contributed by atoms with E-state index in [1.54, 1.807) is 0 Å². The molecule has 1 N–H and O–H groups in total. The summed E-state index contributed by atoms with van der Waals surface area (Å²) in [5, 5.41) is 3.39. The lowest BCUT2D eigenvalue weighted by Gasteiger charge is -2.36. The van der Waals surface area contributed by atoms with Crippen LogP contribution in [0.1, 0.15) is 98.5 Å². The lowest BCUT2D eigenvalue weighted by molar-refractivity contribution is -0.168. The van der Waals surface area contributed by atoms with E-state index in [1.807, 2.05) is 33.8 Å². The molecule has 7 rings (SSSR count). The van der Waals surface area contributed by atoms with E-state index in [2.05, 4.69) is 116 Å². The molecule has 52 heavy (non-hydrogen) atoms. The quantitative estimate of drug-likeness (QED) is 0.133. The highest BCUT2D eigenvalue weighted by molar-refractivity contribution is 5.96. The lowest BCUT2D eigenvalue weighted by atomic mass is 9.66. The van der Waals surface area contributed by atoms with Crippen molar-refractivity contribution in [3.05, 3.63) is 129 Å². The number of aromatic nitrogens is 3. The highest BCUT2D eigenvalue weighted by Gasteiger charge is 2.75. The minimum Gasteiger partial charge on any atom is -0.448 e. The molecule has 2 aliphatic heterocycles. The number of fused-ring (bicyclic) bond motifs is 2. The number of benzene rings is 1. The van der Waals surface area contributed by atoms with E-state index in [4.69, 9.17) is 14.7 Å². The van der Waals surface area contributed by atoms with Crippen molar-refractivity contribution in [1.82, 2.24) is 19.9 Å². The van der Waals surface area contributed by atoms with E-state index in [1.165, 1.54) is 5.56 Å². The van der Waals surface area contributed by atoms with Gasteiger partial charge in [0.05, 0.1) is 11.5 Å². The average Bonchev–Trinajstić information content (AvgIpc) is 3.72. The summed E-state index contributed by atoms with van der Waals surface area (Å²) in [6.07, 6.45) is 8.42. The number of hydrogen-bond acceptors (Lipinski definition) is 6. The summed E-state index contributed by atoms with van der Waals surface area (Å²) in [4.78, 5) is 39.9. The third-order valence-corrected chi connectivity index (χ3v) is 12.1. The first-order valence-electron chi connectivity index (χ1n) is 18.4. The number of ether oxygens (including phenoxy) is 1. The van der Waals surface area contributed by atoms with Gasteiger partial charge in [0, 0.05) is 48.5 Å². The maximum absolute atomic E-state index is 14.5. The molecule has 1 aromatic carbocycles. The van der Waals surface area contributed by atoms with E-state index >= 15 is 0 Å². The van der Waals surface area contributed by atoms with Gasteiger partial charge in [-0.25, -0.2) is 9.97 Å². The first-order chi connectivity index (χ1) is 24.6. The lowest BCUT2D eigenvalue weighted by Crippen LogP contribution is -2.54. The second kappa shape index (κ2) is 12.9. The van der Waals surface area contributed by atoms with Crippen molar-refractivity contribution in [1.29, 1.82) is 0 Å². The SMILES string of the molecule is CC1=[C+]C=C(C)N1c1cc(C)cc(C[C@@H](NC(=O)[C@]23CC[C@](C)(C(=O)O2)C3(C)C)c2cccc(CCc3cc(C)cc(-n4c(C)ccc4C)n3)c2)n1. The topological polar surface area (TPSA) is 89.4 Å². The van der Waals surface area contributed by atoms with Crippen LogP contribution in [0.15, 0.2) is 78.1 Å². The Hall–Kier alpha value is -5.07. The van der Waals surface area contributed by atoms with Gasteiger partial charge in [-0.05, 0) is 119 Å². The zero-order valence-corrected chi connectivity index (χ0v) is 32.0. The molecule has 3 atom stereocenters. The maximum atomic E-state index is 14.5. The molecule has 3 aromatic heterocycles. The number of amides is 1. The number of nitrogens with zero attached hydrogens (tertiary/aromatic N) is 4. The van der Waals surface area contributed by atoms with Gasteiger partial charge in [-0.2, -0.15) is 4.90 Å². The molecule has 5 heterocycles. The zero-order chi connectivity index (χ0) is 37.2. The van der Waals surface area contributed by atoms with E-state index in [0.717, 1.165) is 75.3 Å². The number of anilines is 1. The number of hydrogen-bond donors (Lipinski definition) is 1. The number of esters is 1. The van der Waals surface area contributed by atoms with Crippen molar-refractivity contribution in [3.8, 4) is 5.82 Å². The van der Waals surface area contributed by atoms with Crippen LogP contribution in [0.25, 0.3) is 5.82 Å². The number of aryl methyl sites for hydroxylation is 6. The van der Waals surface area contributed by atoms with Crippen LogP contribution in [0.2, 0.25) is 0 Å². The number of allylic oxidation sites excluding steroid dienone is 4. The van der Waals surface area contributed by atoms with Crippen molar-refractivity contribution in [2.75, 3.05) is 4.90 Å². The van der Waals surface area contributed by atoms with Crippen LogP contribution in [0.5, 0.6) is 0 Å². The average molecular weight is 697 g/mol. The molecule has 0 unspecified atom stereocenters. The summed E-state index contributed by atoms with van der Waals surface area (Å²) in [7, 11) is 0. The van der Waals surface area contributed by atoms with Gasteiger partial charge in [0.2, 0.25) is 0 Å². The van der Waals surface area contributed by atoms with Gasteiger partial charge in [-0.1, -0.05) is 38.1 Å². The summed E-state index contributed by atoms with van der Waals surface area (Å²) in [5.74, 6) is 1.25. The number of rotatable bonds is 10. The van der Waals surface area contributed by atoms with Crippen LogP contribution >= 0.6 is 0 Å². The molecule has 8 heteroatoms. The number of carbonyl (C=O) groups is 2. The van der Waals surface area contributed by atoms with E-state index < -0.39 is 22.5 Å². The number of nitrogens with one attached hydrogen (secondary N) is 1. The Morgan fingerprint density at radius 3 is 2.17 bits per heavy atom. The monoisotopic (exact) mass is 696 g/mol. The first kappa shape index (κ1) is 35.3. The third-order valence-electron chi connectivity index (χ3n) is 12.1. The Kier molecular flexibility index (Phi) is 8.74. The molecule has 0 spiro atoms. The Bertz CT molecular complexity index is 2120. The Morgan fingerprint density at radius 1 is 0.865 bits per heavy atom. The molecule has 1 aliphatic carbocycles. The molecule has 2 fully saturated rings. The molecule has 1 saturated heterocycles. The fourth-order valence-corrected chi connectivity index (χ4v) is 8.61. The largest absolute Gasteiger partial charge is 0.448 e. The molecule has 2 bridgehead atoms. The number of pyridine rings is 2. The van der Waals surface area contributed by atoms with Crippen LogP contribution in [0, 0.1) is 44.6 Å². The normalized spacial score (nSPS) is 22.2. The van der Waals surface area contributed by atoms with Crippen LogP contribution < -0.4 is 10.2 Å². The van der Waals surface area contributed by atoms with E-state index in [-0.39, 0.29) is 11.9 Å². The highest BCUT2D eigenvalue weighted by atomic mass is 16.6. The predicted molar refractivity (Wildman–Crippen MR) is 204 cm³/mol.